The van der Waals surface area contributed by atoms with Crippen molar-refractivity contribution in [2.45, 2.75) is 32.0 Å². The zero-order chi connectivity index (χ0) is 20.1. The van der Waals surface area contributed by atoms with Gasteiger partial charge in [0.1, 0.15) is 11.7 Å². The summed E-state index contributed by atoms with van der Waals surface area (Å²) in [5.41, 5.74) is 9.55. The van der Waals surface area contributed by atoms with Gasteiger partial charge in [-0.05, 0) is 48.6 Å². The third kappa shape index (κ3) is 3.44. The Kier molecular flexibility index (Phi) is 4.32. The van der Waals surface area contributed by atoms with E-state index in [1.165, 1.54) is 6.20 Å². The van der Waals surface area contributed by atoms with Gasteiger partial charge in [-0.1, -0.05) is 0 Å². The lowest BCUT2D eigenvalue weighted by atomic mass is 9.92. The lowest BCUT2D eigenvalue weighted by Gasteiger charge is -2.23. The Bertz CT molecular complexity index is 972. The topological polar surface area (TPSA) is 93.3 Å². The van der Waals surface area contributed by atoms with Gasteiger partial charge in [-0.2, -0.15) is 13.2 Å². The van der Waals surface area contributed by atoms with Crippen LogP contribution in [-0.2, 0) is 11.2 Å². The fourth-order valence-electron chi connectivity index (χ4n) is 3.53. The maximum absolute atomic E-state index is 12.7. The average Bonchev–Trinajstić information content (AvgIpc) is 3.43. The zero-order valence-electron chi connectivity index (χ0n) is 15.0. The number of anilines is 1. The van der Waals surface area contributed by atoms with Crippen molar-refractivity contribution in [2.75, 3.05) is 5.32 Å². The van der Waals surface area contributed by atoms with Crippen LogP contribution in [0.2, 0.25) is 0 Å². The molecule has 3 atom stereocenters. The van der Waals surface area contributed by atoms with Crippen LogP contribution >= 0.6 is 0 Å². The Morgan fingerprint density at radius 2 is 2.11 bits per heavy atom. The zero-order valence-corrected chi connectivity index (χ0v) is 15.0. The molecular weight excluding hydrogens is 371 g/mol. The fourth-order valence-corrected chi connectivity index (χ4v) is 3.53. The highest BCUT2D eigenvalue weighted by molar-refractivity contribution is 6.00. The number of halogens is 3. The fraction of sp³-hybridized carbons (Fsp3) is 0.368. The lowest BCUT2D eigenvalue weighted by molar-refractivity contribution is -0.153. The molecule has 9 heteroatoms. The molecule has 1 aliphatic heterocycles. The molecule has 146 valence electrons. The highest BCUT2D eigenvalue weighted by atomic mass is 19.4. The van der Waals surface area contributed by atoms with E-state index in [9.17, 15) is 18.0 Å². The summed E-state index contributed by atoms with van der Waals surface area (Å²) in [6.07, 6.45) is 0.947. The maximum Gasteiger partial charge on any atom is 0.392 e. The Balaban J connectivity index is 1.53. The number of rotatable bonds is 3. The first-order chi connectivity index (χ1) is 13.2. The van der Waals surface area contributed by atoms with E-state index >= 15 is 0 Å². The second-order valence-corrected chi connectivity index (χ2v) is 7.17. The molecule has 1 saturated carbocycles. The van der Waals surface area contributed by atoms with Gasteiger partial charge in [-0.3, -0.25) is 14.8 Å². The van der Waals surface area contributed by atoms with E-state index in [2.05, 4.69) is 20.3 Å². The number of amides is 1. The number of aryl methyl sites for hydroxylation is 1. The number of nitrogens with one attached hydrogen (secondary N) is 1. The van der Waals surface area contributed by atoms with Gasteiger partial charge in [0.05, 0.1) is 17.9 Å². The number of fused-ring (bicyclic) bond motifs is 1. The summed E-state index contributed by atoms with van der Waals surface area (Å²) in [5.74, 6) is -2.72. The maximum atomic E-state index is 12.7. The largest absolute Gasteiger partial charge is 0.392 e. The van der Waals surface area contributed by atoms with Crippen molar-refractivity contribution in [3.8, 4) is 0 Å². The van der Waals surface area contributed by atoms with Gasteiger partial charge in [0, 0.05) is 24.2 Å². The van der Waals surface area contributed by atoms with E-state index in [0.717, 1.165) is 16.7 Å². The van der Waals surface area contributed by atoms with Gasteiger partial charge in [-0.15, -0.1) is 0 Å². The molecule has 0 aromatic carbocycles. The van der Waals surface area contributed by atoms with E-state index in [1.54, 1.807) is 18.5 Å². The van der Waals surface area contributed by atoms with E-state index in [4.69, 9.17) is 5.73 Å². The second kappa shape index (κ2) is 6.57. The summed E-state index contributed by atoms with van der Waals surface area (Å²) >= 11 is 0. The van der Waals surface area contributed by atoms with Gasteiger partial charge < -0.3 is 11.1 Å². The molecule has 3 N–H and O–H groups in total. The molecule has 28 heavy (non-hydrogen) atoms. The van der Waals surface area contributed by atoms with Crippen LogP contribution in [0.3, 0.4) is 0 Å². The van der Waals surface area contributed by atoms with Crippen LogP contribution < -0.4 is 11.1 Å². The number of carbonyl (C=O) groups is 1. The van der Waals surface area contributed by atoms with Crippen LogP contribution in [0, 0.1) is 18.8 Å². The molecule has 2 aliphatic rings. The summed E-state index contributed by atoms with van der Waals surface area (Å²) in [7, 11) is 0. The molecule has 2 aromatic rings. The molecule has 1 amide bonds. The van der Waals surface area contributed by atoms with Crippen molar-refractivity contribution in [1.29, 1.82) is 0 Å². The van der Waals surface area contributed by atoms with Crippen molar-refractivity contribution in [2.24, 2.45) is 22.6 Å². The summed E-state index contributed by atoms with van der Waals surface area (Å²) in [4.78, 5) is 24.9. The molecule has 0 spiro atoms. The van der Waals surface area contributed by atoms with E-state index in [1.807, 2.05) is 13.0 Å². The molecule has 2 unspecified atom stereocenters. The Morgan fingerprint density at radius 1 is 1.32 bits per heavy atom. The van der Waals surface area contributed by atoms with Crippen LogP contribution in [0.25, 0.3) is 0 Å². The normalized spacial score (nSPS) is 23.6. The predicted octanol–water partition coefficient (Wildman–Crippen LogP) is 2.92. The number of carbonyl (C=O) groups excluding carboxylic acids is 1. The number of aromatic nitrogens is 2. The third-order valence-corrected chi connectivity index (χ3v) is 5.21. The number of nitrogens with two attached hydrogens (primary N) is 1. The molecule has 3 heterocycles. The summed E-state index contributed by atoms with van der Waals surface area (Å²) in [6.45, 7) is 1.96. The van der Waals surface area contributed by atoms with Crippen molar-refractivity contribution in [1.82, 2.24) is 9.97 Å². The molecule has 2 aromatic heterocycles. The number of amidine groups is 1. The summed E-state index contributed by atoms with van der Waals surface area (Å²) in [6, 6.07) is 3.32. The Hall–Kier alpha value is -2.97. The molecule has 1 aliphatic carbocycles. The number of hydrogen-bond acceptors (Lipinski definition) is 5. The average molecular weight is 389 g/mol. The third-order valence-electron chi connectivity index (χ3n) is 5.21. The molecule has 6 nitrogen and oxygen atoms in total. The van der Waals surface area contributed by atoms with Gasteiger partial charge in [-0.25, -0.2) is 4.98 Å². The van der Waals surface area contributed by atoms with Gasteiger partial charge in [0.2, 0.25) is 5.91 Å². The van der Waals surface area contributed by atoms with Crippen LogP contribution in [-0.4, -0.2) is 27.9 Å². The molecule has 0 radical (unpaired) electrons. The van der Waals surface area contributed by atoms with Crippen LogP contribution in [0.5, 0.6) is 0 Å². The SMILES string of the molecule is Cc1ccncc1C1Cc2cc(NC(=O)C3C[C@@H]3C(F)(F)F)ncc2C(N)=N1. The van der Waals surface area contributed by atoms with Crippen molar-refractivity contribution in [3.05, 3.63) is 53.0 Å². The molecule has 1 fully saturated rings. The number of nitrogens with zero attached hydrogens (tertiary/aromatic N) is 3. The minimum absolute atomic E-state index is 0.178. The minimum Gasteiger partial charge on any atom is -0.383 e. The van der Waals surface area contributed by atoms with Gasteiger partial charge in [0.15, 0.2) is 0 Å². The molecule has 4 rings (SSSR count). The summed E-state index contributed by atoms with van der Waals surface area (Å²) < 4.78 is 38.0. The highest BCUT2D eigenvalue weighted by Crippen LogP contribution is 2.50. The van der Waals surface area contributed by atoms with Crippen LogP contribution in [0.4, 0.5) is 19.0 Å². The number of hydrogen-bond donors (Lipinski definition) is 2. The number of aliphatic imine (C=N–C) groups is 1. The molecular formula is C19H18F3N5O. The Morgan fingerprint density at radius 3 is 2.79 bits per heavy atom. The lowest BCUT2D eigenvalue weighted by Crippen LogP contribution is -2.25. The summed E-state index contributed by atoms with van der Waals surface area (Å²) in [5, 5.41) is 2.49. The number of alkyl halides is 3. The van der Waals surface area contributed by atoms with Gasteiger partial charge >= 0.3 is 6.18 Å². The van der Waals surface area contributed by atoms with Crippen LogP contribution in [0.1, 0.15) is 34.7 Å². The molecule has 0 saturated heterocycles. The minimum atomic E-state index is -4.34. The number of pyridine rings is 2. The standard InChI is InChI=1S/C19H18F3N5O/c1-9-2-3-24-7-12(9)15-4-10-5-16(25-8-13(10)17(23)26-15)27-18(28)11-6-14(11)19(20,21)22/h2-3,5,7-8,11,14-15H,4,6H2,1H3,(H2,23,26)(H,25,27,28)/t11?,14-,15?/m0/s1. The van der Waals surface area contributed by atoms with E-state index in [-0.39, 0.29) is 18.3 Å². The quantitative estimate of drug-likeness (QED) is 0.844. The predicted molar refractivity (Wildman–Crippen MR) is 96.7 cm³/mol. The first-order valence-corrected chi connectivity index (χ1v) is 8.84. The van der Waals surface area contributed by atoms with Crippen molar-refractivity contribution >= 4 is 17.6 Å². The first kappa shape index (κ1) is 18.4. The van der Waals surface area contributed by atoms with E-state index < -0.39 is 23.9 Å². The van der Waals surface area contributed by atoms with E-state index in [0.29, 0.717) is 17.8 Å². The Labute approximate surface area is 159 Å². The first-order valence-electron chi connectivity index (χ1n) is 8.84. The smallest absolute Gasteiger partial charge is 0.383 e. The van der Waals surface area contributed by atoms with Crippen molar-refractivity contribution in [3.63, 3.8) is 0 Å². The van der Waals surface area contributed by atoms with Crippen molar-refractivity contribution < 1.29 is 18.0 Å². The van der Waals surface area contributed by atoms with Gasteiger partial charge in [0.25, 0.3) is 0 Å². The second-order valence-electron chi connectivity index (χ2n) is 7.17. The van der Waals surface area contributed by atoms with Crippen LogP contribution in [0.15, 0.2) is 35.7 Å². The highest BCUT2D eigenvalue weighted by Gasteiger charge is 2.58. The molecule has 0 bridgehead atoms. The monoisotopic (exact) mass is 389 g/mol.